The van der Waals surface area contributed by atoms with Crippen LogP contribution < -0.4 is 9.80 Å². The number of rotatable bonds is 2. The van der Waals surface area contributed by atoms with Gasteiger partial charge in [0.1, 0.15) is 5.69 Å². The molecule has 1 aromatic heterocycles. The summed E-state index contributed by atoms with van der Waals surface area (Å²) < 4.78 is 54.1. The third kappa shape index (κ3) is 2.83. The monoisotopic (exact) mass is 325 g/mol. The minimum atomic E-state index is -1.62. The highest BCUT2D eigenvalue weighted by molar-refractivity contribution is 5.56. The summed E-state index contributed by atoms with van der Waals surface area (Å²) in [7, 11) is 0. The zero-order chi connectivity index (χ0) is 16.6. The Labute approximate surface area is 131 Å². The van der Waals surface area contributed by atoms with Crippen molar-refractivity contribution in [3.63, 3.8) is 0 Å². The number of pyridine rings is 1. The lowest BCUT2D eigenvalue weighted by Crippen LogP contribution is -2.47. The fourth-order valence-electron chi connectivity index (χ4n) is 2.84. The molecule has 0 bridgehead atoms. The van der Waals surface area contributed by atoms with E-state index in [9.17, 15) is 17.6 Å². The van der Waals surface area contributed by atoms with Crippen LogP contribution in [0.3, 0.4) is 0 Å². The number of aryl methyl sites for hydroxylation is 1. The molecule has 0 saturated carbocycles. The van der Waals surface area contributed by atoms with Gasteiger partial charge >= 0.3 is 0 Å². The SMILES string of the molecule is Cc1ccccc1N1CCN(c2c(F)c(F)nc(F)c2F)CC1. The second-order valence-corrected chi connectivity index (χ2v) is 5.43. The molecule has 0 N–H and O–H groups in total. The molecular weight excluding hydrogens is 310 g/mol. The predicted molar refractivity (Wildman–Crippen MR) is 79.7 cm³/mol. The summed E-state index contributed by atoms with van der Waals surface area (Å²) in [6, 6.07) is 7.80. The van der Waals surface area contributed by atoms with Crippen molar-refractivity contribution in [3.8, 4) is 0 Å². The number of aromatic nitrogens is 1. The Morgan fingerprint density at radius 2 is 1.35 bits per heavy atom. The van der Waals surface area contributed by atoms with Gasteiger partial charge in [-0.2, -0.15) is 22.5 Å². The first-order chi connectivity index (χ1) is 11.0. The van der Waals surface area contributed by atoms with E-state index in [2.05, 4.69) is 9.88 Å². The highest BCUT2D eigenvalue weighted by atomic mass is 19.2. The van der Waals surface area contributed by atoms with Gasteiger partial charge in [-0.05, 0) is 18.6 Å². The van der Waals surface area contributed by atoms with E-state index in [0.717, 1.165) is 11.3 Å². The molecule has 0 radical (unpaired) electrons. The molecule has 7 heteroatoms. The standard InChI is InChI=1S/C16H15F4N3/c1-10-4-2-3-5-11(10)22-6-8-23(9-7-22)14-12(17)15(19)21-16(20)13(14)18/h2-5H,6-9H2,1H3. The lowest BCUT2D eigenvalue weighted by molar-refractivity contribution is 0.404. The van der Waals surface area contributed by atoms with Crippen molar-refractivity contribution in [1.82, 2.24) is 4.98 Å². The van der Waals surface area contributed by atoms with Gasteiger partial charge in [0, 0.05) is 31.9 Å². The van der Waals surface area contributed by atoms with Crippen molar-refractivity contribution >= 4 is 11.4 Å². The molecule has 23 heavy (non-hydrogen) atoms. The number of nitrogens with zero attached hydrogens (tertiary/aromatic N) is 3. The first kappa shape index (κ1) is 15.6. The van der Waals surface area contributed by atoms with Crippen molar-refractivity contribution in [2.75, 3.05) is 36.0 Å². The first-order valence-corrected chi connectivity index (χ1v) is 7.24. The molecule has 0 amide bonds. The van der Waals surface area contributed by atoms with Crippen molar-refractivity contribution in [2.45, 2.75) is 6.92 Å². The van der Waals surface area contributed by atoms with Crippen LogP contribution in [0.15, 0.2) is 24.3 Å². The Hall–Kier alpha value is -2.31. The van der Waals surface area contributed by atoms with Crippen molar-refractivity contribution in [1.29, 1.82) is 0 Å². The third-order valence-electron chi connectivity index (χ3n) is 4.03. The minimum absolute atomic E-state index is 0.255. The summed E-state index contributed by atoms with van der Waals surface area (Å²) in [6.07, 6.45) is 0. The number of anilines is 2. The number of para-hydroxylation sites is 1. The quantitative estimate of drug-likeness (QED) is 0.624. The van der Waals surface area contributed by atoms with Gasteiger partial charge in [0.2, 0.25) is 11.6 Å². The summed E-state index contributed by atoms with van der Waals surface area (Å²) in [5.74, 6) is -6.15. The van der Waals surface area contributed by atoms with E-state index in [4.69, 9.17) is 0 Å². The van der Waals surface area contributed by atoms with Crippen LogP contribution in [0.5, 0.6) is 0 Å². The molecule has 0 atom stereocenters. The van der Waals surface area contributed by atoms with Crippen LogP contribution in [0.2, 0.25) is 0 Å². The normalized spacial score (nSPS) is 15.2. The molecule has 3 rings (SSSR count). The Bertz CT molecular complexity index is 701. The summed E-state index contributed by atoms with van der Waals surface area (Å²) in [6.45, 7) is 3.48. The topological polar surface area (TPSA) is 19.4 Å². The zero-order valence-corrected chi connectivity index (χ0v) is 12.5. The summed E-state index contributed by atoms with van der Waals surface area (Å²) in [5, 5.41) is 0. The molecule has 0 unspecified atom stereocenters. The van der Waals surface area contributed by atoms with Gasteiger partial charge in [0.15, 0.2) is 0 Å². The molecule has 1 saturated heterocycles. The van der Waals surface area contributed by atoms with E-state index >= 15 is 0 Å². The lowest BCUT2D eigenvalue weighted by Gasteiger charge is -2.38. The number of hydrogen-bond acceptors (Lipinski definition) is 3. The fourth-order valence-corrected chi connectivity index (χ4v) is 2.84. The Morgan fingerprint density at radius 3 is 1.91 bits per heavy atom. The number of benzene rings is 1. The highest BCUT2D eigenvalue weighted by Gasteiger charge is 2.28. The highest BCUT2D eigenvalue weighted by Crippen LogP contribution is 2.28. The second kappa shape index (κ2) is 6.06. The minimum Gasteiger partial charge on any atom is -0.368 e. The smallest absolute Gasteiger partial charge is 0.253 e. The number of hydrogen-bond donors (Lipinski definition) is 0. The molecule has 2 aromatic rings. The van der Waals surface area contributed by atoms with E-state index in [-0.39, 0.29) is 13.1 Å². The second-order valence-electron chi connectivity index (χ2n) is 5.43. The Kier molecular flexibility index (Phi) is 4.11. The molecule has 1 aliphatic heterocycles. The van der Waals surface area contributed by atoms with Gasteiger partial charge in [-0.15, -0.1) is 0 Å². The molecule has 1 fully saturated rings. The average Bonchev–Trinajstić information content (AvgIpc) is 2.55. The van der Waals surface area contributed by atoms with Gasteiger partial charge in [-0.25, -0.2) is 0 Å². The average molecular weight is 325 g/mol. The maximum atomic E-state index is 13.8. The van der Waals surface area contributed by atoms with Gasteiger partial charge in [-0.1, -0.05) is 18.2 Å². The Morgan fingerprint density at radius 1 is 0.826 bits per heavy atom. The van der Waals surface area contributed by atoms with E-state index in [0.29, 0.717) is 13.1 Å². The largest absolute Gasteiger partial charge is 0.368 e. The number of piperazine rings is 1. The van der Waals surface area contributed by atoms with Crippen molar-refractivity contribution in [2.24, 2.45) is 0 Å². The van der Waals surface area contributed by atoms with Crippen LogP contribution >= 0.6 is 0 Å². The van der Waals surface area contributed by atoms with Crippen molar-refractivity contribution < 1.29 is 17.6 Å². The van der Waals surface area contributed by atoms with Crippen LogP contribution in [0.4, 0.5) is 28.9 Å². The van der Waals surface area contributed by atoms with E-state index in [1.807, 2.05) is 31.2 Å². The molecular formula is C16H15F4N3. The molecule has 3 nitrogen and oxygen atoms in total. The van der Waals surface area contributed by atoms with E-state index in [1.165, 1.54) is 4.90 Å². The lowest BCUT2D eigenvalue weighted by atomic mass is 10.1. The molecule has 0 aliphatic carbocycles. The maximum absolute atomic E-state index is 13.8. The summed E-state index contributed by atoms with van der Waals surface area (Å²) in [4.78, 5) is 5.97. The van der Waals surface area contributed by atoms with Gasteiger partial charge in [0.05, 0.1) is 0 Å². The van der Waals surface area contributed by atoms with Crippen LogP contribution in [0, 0.1) is 30.5 Å². The first-order valence-electron chi connectivity index (χ1n) is 7.24. The number of halogens is 4. The maximum Gasteiger partial charge on any atom is 0.253 e. The van der Waals surface area contributed by atoms with Crippen molar-refractivity contribution in [3.05, 3.63) is 53.4 Å². The molecule has 2 heterocycles. The van der Waals surface area contributed by atoms with Gasteiger partial charge < -0.3 is 9.80 Å². The molecule has 1 aliphatic rings. The van der Waals surface area contributed by atoms with E-state index in [1.54, 1.807) is 0 Å². The zero-order valence-electron chi connectivity index (χ0n) is 12.5. The van der Waals surface area contributed by atoms with Crippen LogP contribution in [-0.4, -0.2) is 31.2 Å². The summed E-state index contributed by atoms with van der Waals surface area (Å²) in [5.41, 5.74) is 1.46. The molecule has 122 valence electrons. The van der Waals surface area contributed by atoms with Gasteiger partial charge in [-0.3, -0.25) is 0 Å². The van der Waals surface area contributed by atoms with E-state index < -0.39 is 29.2 Å². The molecule has 1 aromatic carbocycles. The Balaban J connectivity index is 1.82. The van der Waals surface area contributed by atoms with Crippen LogP contribution in [0.25, 0.3) is 0 Å². The van der Waals surface area contributed by atoms with Crippen LogP contribution in [-0.2, 0) is 0 Å². The fraction of sp³-hybridized carbons (Fsp3) is 0.312. The predicted octanol–water partition coefficient (Wildman–Crippen LogP) is 3.27. The van der Waals surface area contributed by atoms with Gasteiger partial charge in [0.25, 0.3) is 11.9 Å². The molecule has 0 spiro atoms. The van der Waals surface area contributed by atoms with Crippen LogP contribution in [0.1, 0.15) is 5.56 Å². The summed E-state index contributed by atoms with van der Waals surface area (Å²) >= 11 is 0. The third-order valence-corrected chi connectivity index (χ3v) is 4.03.